The lowest BCUT2D eigenvalue weighted by Crippen LogP contribution is -2.43. The highest BCUT2D eigenvalue weighted by atomic mass is 79.9. The van der Waals surface area contributed by atoms with E-state index in [2.05, 4.69) is 56.1 Å². The smallest absolute Gasteiger partial charge is 0.148 e. The molecule has 0 N–H and O–H groups in total. The molecule has 1 aromatic rings. The Labute approximate surface area is 135 Å². The second-order valence-corrected chi connectivity index (χ2v) is 7.11. The third kappa shape index (κ3) is 3.55. The Bertz CT molecular complexity index is 459. The molecule has 2 aliphatic rings. The molecule has 21 heavy (non-hydrogen) atoms. The predicted octanol–water partition coefficient (Wildman–Crippen LogP) is 2.86. The quantitative estimate of drug-likeness (QED) is 0.474. The summed E-state index contributed by atoms with van der Waals surface area (Å²) in [5.41, 5.74) is 1.49. The number of carbonyl (C=O) groups excluding carboxylic acids is 1. The van der Waals surface area contributed by atoms with E-state index in [9.17, 15) is 4.79 Å². The molecule has 0 amide bonds. The first-order valence-corrected chi connectivity index (χ1v) is 8.82. The van der Waals surface area contributed by atoms with Gasteiger partial charge in [-0.3, -0.25) is 9.80 Å². The summed E-state index contributed by atoms with van der Waals surface area (Å²) in [4.78, 5) is 15.6. The second kappa shape index (κ2) is 7.03. The van der Waals surface area contributed by atoms with Crippen LogP contribution in [0.15, 0.2) is 30.3 Å². The number of halogens is 1. The molecule has 0 aromatic heterocycles. The fraction of sp³-hybridized carbons (Fsp3) is 0.588. The van der Waals surface area contributed by atoms with E-state index in [1.54, 1.807) is 0 Å². The highest BCUT2D eigenvalue weighted by molar-refractivity contribution is 9.09. The molecule has 1 aromatic carbocycles. The van der Waals surface area contributed by atoms with Crippen molar-refractivity contribution >= 4 is 22.2 Å². The molecule has 2 heterocycles. The molecule has 0 aliphatic carbocycles. The Morgan fingerprint density at radius 3 is 2.48 bits per heavy atom. The van der Waals surface area contributed by atoms with Gasteiger partial charge >= 0.3 is 0 Å². The van der Waals surface area contributed by atoms with Crippen LogP contribution in [-0.2, 0) is 4.79 Å². The Morgan fingerprint density at radius 1 is 1.10 bits per heavy atom. The van der Waals surface area contributed by atoms with Crippen molar-refractivity contribution < 1.29 is 4.79 Å². The Hall–Kier alpha value is -0.710. The SMILES string of the molecule is O=CC(Br)N1CCC(N2CCC(c3ccccc3)CC2)C1. The van der Waals surface area contributed by atoms with Crippen LogP contribution in [0.1, 0.15) is 30.7 Å². The molecule has 0 spiro atoms. The predicted molar refractivity (Wildman–Crippen MR) is 88.7 cm³/mol. The molecular formula is C17H23BrN2O. The third-order valence-electron chi connectivity index (χ3n) is 4.97. The van der Waals surface area contributed by atoms with Crippen LogP contribution in [0.4, 0.5) is 0 Å². The van der Waals surface area contributed by atoms with Crippen LogP contribution in [0, 0.1) is 0 Å². The van der Waals surface area contributed by atoms with E-state index in [0.717, 1.165) is 25.3 Å². The first-order valence-electron chi connectivity index (χ1n) is 7.90. The van der Waals surface area contributed by atoms with Gasteiger partial charge in [0, 0.05) is 19.1 Å². The minimum atomic E-state index is -0.107. The number of aldehydes is 1. The van der Waals surface area contributed by atoms with Crippen LogP contribution in [0.2, 0.25) is 0 Å². The van der Waals surface area contributed by atoms with Crippen molar-refractivity contribution in [2.75, 3.05) is 26.2 Å². The van der Waals surface area contributed by atoms with Crippen molar-refractivity contribution in [3.8, 4) is 0 Å². The molecule has 2 fully saturated rings. The van der Waals surface area contributed by atoms with Crippen molar-refractivity contribution in [2.45, 2.75) is 36.2 Å². The van der Waals surface area contributed by atoms with Gasteiger partial charge < -0.3 is 4.79 Å². The lowest BCUT2D eigenvalue weighted by molar-refractivity contribution is -0.109. The van der Waals surface area contributed by atoms with Gasteiger partial charge in [-0.05, 0) is 43.8 Å². The summed E-state index contributed by atoms with van der Waals surface area (Å²) in [6, 6.07) is 11.5. The number of benzene rings is 1. The maximum absolute atomic E-state index is 10.9. The van der Waals surface area contributed by atoms with Crippen molar-refractivity contribution in [1.82, 2.24) is 9.80 Å². The van der Waals surface area contributed by atoms with Gasteiger partial charge in [-0.25, -0.2) is 0 Å². The third-order valence-corrected chi connectivity index (χ3v) is 5.77. The summed E-state index contributed by atoms with van der Waals surface area (Å²) >= 11 is 3.43. The van der Waals surface area contributed by atoms with Gasteiger partial charge in [0.05, 0.1) is 0 Å². The highest BCUT2D eigenvalue weighted by Crippen LogP contribution is 2.30. The van der Waals surface area contributed by atoms with Gasteiger partial charge in [-0.1, -0.05) is 46.3 Å². The average Bonchev–Trinajstić information content (AvgIpc) is 3.05. The Kier molecular flexibility index (Phi) is 5.09. The zero-order valence-electron chi connectivity index (χ0n) is 12.3. The fourth-order valence-electron chi connectivity index (χ4n) is 3.70. The lowest BCUT2D eigenvalue weighted by atomic mass is 9.89. The van der Waals surface area contributed by atoms with Gasteiger partial charge in [0.25, 0.3) is 0 Å². The number of hydrogen-bond acceptors (Lipinski definition) is 3. The summed E-state index contributed by atoms with van der Waals surface area (Å²) in [7, 11) is 0. The number of nitrogens with zero attached hydrogens (tertiary/aromatic N) is 2. The molecular weight excluding hydrogens is 328 g/mol. The van der Waals surface area contributed by atoms with Crippen LogP contribution in [0.5, 0.6) is 0 Å². The first kappa shape index (κ1) is 15.2. The van der Waals surface area contributed by atoms with E-state index < -0.39 is 0 Å². The summed E-state index contributed by atoms with van der Waals surface area (Å²) in [6.07, 6.45) is 4.69. The topological polar surface area (TPSA) is 23.6 Å². The van der Waals surface area contributed by atoms with Gasteiger partial charge in [-0.15, -0.1) is 0 Å². The molecule has 0 radical (unpaired) electrons. The molecule has 2 unspecified atom stereocenters. The van der Waals surface area contributed by atoms with E-state index in [1.807, 2.05) is 0 Å². The van der Waals surface area contributed by atoms with Crippen LogP contribution >= 0.6 is 15.9 Å². The average molecular weight is 351 g/mol. The molecule has 2 saturated heterocycles. The molecule has 0 saturated carbocycles. The second-order valence-electron chi connectivity index (χ2n) is 6.17. The van der Waals surface area contributed by atoms with E-state index in [-0.39, 0.29) is 4.95 Å². The van der Waals surface area contributed by atoms with Gasteiger partial charge in [-0.2, -0.15) is 0 Å². The first-order chi connectivity index (χ1) is 10.3. The minimum Gasteiger partial charge on any atom is -0.301 e. The van der Waals surface area contributed by atoms with Crippen molar-refractivity contribution in [1.29, 1.82) is 0 Å². The summed E-state index contributed by atoms with van der Waals surface area (Å²) in [5.74, 6) is 0.721. The van der Waals surface area contributed by atoms with Crippen molar-refractivity contribution in [2.24, 2.45) is 0 Å². The number of hydrogen-bond donors (Lipinski definition) is 0. The molecule has 2 atom stereocenters. The molecule has 0 bridgehead atoms. The Balaban J connectivity index is 1.51. The zero-order valence-corrected chi connectivity index (χ0v) is 13.9. The summed E-state index contributed by atoms with van der Waals surface area (Å²) in [5, 5.41) is 0. The van der Waals surface area contributed by atoms with Crippen LogP contribution in [0.25, 0.3) is 0 Å². The molecule has 3 nitrogen and oxygen atoms in total. The highest BCUT2D eigenvalue weighted by Gasteiger charge is 2.32. The van der Waals surface area contributed by atoms with Gasteiger partial charge in [0.1, 0.15) is 11.2 Å². The molecule has 114 valence electrons. The number of likely N-dealkylation sites (tertiary alicyclic amines) is 2. The van der Waals surface area contributed by atoms with Crippen LogP contribution in [-0.4, -0.2) is 53.3 Å². The van der Waals surface area contributed by atoms with E-state index in [0.29, 0.717) is 6.04 Å². The van der Waals surface area contributed by atoms with Crippen LogP contribution < -0.4 is 0 Å². The largest absolute Gasteiger partial charge is 0.301 e. The molecule has 2 aliphatic heterocycles. The molecule has 4 heteroatoms. The summed E-state index contributed by atoms with van der Waals surface area (Å²) < 4.78 is 0. The zero-order chi connectivity index (χ0) is 14.7. The van der Waals surface area contributed by atoms with Crippen molar-refractivity contribution in [3.63, 3.8) is 0 Å². The van der Waals surface area contributed by atoms with Crippen LogP contribution in [0.3, 0.4) is 0 Å². The number of carbonyl (C=O) groups is 1. The number of alkyl halides is 1. The standard InChI is InChI=1S/C17H23BrN2O/c18-17(13-21)20-11-8-16(12-20)19-9-6-15(7-10-19)14-4-2-1-3-5-14/h1-5,13,15-17H,6-12H2. The fourth-order valence-corrected chi connectivity index (χ4v) is 4.07. The van der Waals surface area contributed by atoms with Gasteiger partial charge in [0.15, 0.2) is 0 Å². The van der Waals surface area contributed by atoms with E-state index >= 15 is 0 Å². The lowest BCUT2D eigenvalue weighted by Gasteiger charge is -2.36. The number of piperidine rings is 1. The Morgan fingerprint density at radius 2 is 1.81 bits per heavy atom. The monoisotopic (exact) mass is 350 g/mol. The number of rotatable bonds is 4. The molecule has 3 rings (SSSR count). The normalized spacial score (nSPS) is 26.8. The maximum Gasteiger partial charge on any atom is 0.148 e. The summed E-state index contributed by atoms with van der Waals surface area (Å²) in [6.45, 7) is 4.42. The van der Waals surface area contributed by atoms with E-state index in [4.69, 9.17) is 0 Å². The van der Waals surface area contributed by atoms with Crippen molar-refractivity contribution in [3.05, 3.63) is 35.9 Å². The van der Waals surface area contributed by atoms with E-state index in [1.165, 1.54) is 37.9 Å². The minimum absolute atomic E-state index is 0.107. The maximum atomic E-state index is 10.9. The van der Waals surface area contributed by atoms with Gasteiger partial charge in [0.2, 0.25) is 0 Å².